The highest BCUT2D eigenvalue weighted by Crippen LogP contribution is 2.41. The quantitative estimate of drug-likeness (QED) is 0.151. The first-order valence-corrected chi connectivity index (χ1v) is 14.2. The van der Waals surface area contributed by atoms with Crippen molar-refractivity contribution in [1.29, 1.82) is 0 Å². The van der Waals surface area contributed by atoms with Crippen molar-refractivity contribution in [2.24, 2.45) is 0 Å². The highest BCUT2D eigenvalue weighted by atomic mass is 79.9. The average molecular weight is 621 g/mol. The number of benzene rings is 2. The predicted octanol–water partition coefficient (Wildman–Crippen LogP) is 5.23. The van der Waals surface area contributed by atoms with Crippen molar-refractivity contribution >= 4 is 38.8 Å². The Morgan fingerprint density at radius 2 is 1.95 bits per heavy atom. The number of nitrogens with zero attached hydrogens (tertiary/aromatic N) is 5. The second-order valence-corrected chi connectivity index (χ2v) is 10.3. The number of imidazole rings is 1. The summed E-state index contributed by atoms with van der Waals surface area (Å²) in [5.74, 6) is 1.14. The molecule has 0 aliphatic heterocycles. The lowest BCUT2D eigenvalue weighted by Gasteiger charge is -2.12. The van der Waals surface area contributed by atoms with Crippen LogP contribution in [-0.2, 0) is 22.5 Å². The van der Waals surface area contributed by atoms with Gasteiger partial charge in [-0.05, 0) is 57.4 Å². The molecule has 0 saturated carbocycles. The number of furan rings is 1. The third-order valence-corrected chi connectivity index (χ3v) is 7.50. The Hall–Kier alpha value is -4.32. The molecular weight excluding hydrogens is 590 g/mol. The number of rotatable bonds is 11. The van der Waals surface area contributed by atoms with Crippen LogP contribution in [0.5, 0.6) is 0 Å². The lowest BCUT2D eigenvalue weighted by Crippen LogP contribution is -2.33. The van der Waals surface area contributed by atoms with Gasteiger partial charge in [0, 0.05) is 29.5 Å². The van der Waals surface area contributed by atoms with Crippen LogP contribution in [0.25, 0.3) is 33.7 Å². The molecule has 0 atom stereocenters. The maximum atomic E-state index is 13.2. The molecule has 1 amide bonds. The van der Waals surface area contributed by atoms with E-state index in [0.29, 0.717) is 48.1 Å². The standard InChI is InChI=1S/C29H30BrN7O4/c1-4-6-13-40-24(38)15-31-29(39)26-17(3)32-23(5-2)37(26)16-18-11-12-22-21(14-18)25(30)27(41-22)19-9-7-8-10-20(19)28-33-35-36-34-28/h7-12,14H,4-6,13,15-16H2,1-3H3,(H,31,39)(H,33,34,35,36). The lowest BCUT2D eigenvalue weighted by atomic mass is 10.0. The molecule has 0 saturated heterocycles. The fraction of sp³-hybridized carbons (Fsp3) is 0.310. The maximum absolute atomic E-state index is 13.2. The Bertz CT molecular complexity index is 1690. The number of tetrazole rings is 1. The molecule has 0 aliphatic rings. The van der Waals surface area contributed by atoms with E-state index in [2.05, 4.69) is 46.9 Å². The molecule has 3 aromatic heterocycles. The molecule has 41 heavy (non-hydrogen) atoms. The van der Waals surface area contributed by atoms with Crippen LogP contribution in [-0.4, -0.2) is 55.2 Å². The molecule has 5 rings (SSSR count). The van der Waals surface area contributed by atoms with Crippen molar-refractivity contribution in [3.8, 4) is 22.7 Å². The van der Waals surface area contributed by atoms with E-state index in [4.69, 9.17) is 9.15 Å². The summed E-state index contributed by atoms with van der Waals surface area (Å²) in [6.45, 7) is 6.37. The van der Waals surface area contributed by atoms with Gasteiger partial charge in [-0.1, -0.05) is 50.6 Å². The molecule has 2 N–H and O–H groups in total. The SMILES string of the molecule is CCCCOC(=O)CNC(=O)c1c(C)nc(CC)n1Cc1ccc2oc(-c3ccccc3-c3nnn[nH]3)c(Br)c2c1. The molecule has 0 fully saturated rings. The van der Waals surface area contributed by atoms with Crippen molar-refractivity contribution in [2.75, 3.05) is 13.2 Å². The molecule has 0 unspecified atom stereocenters. The highest BCUT2D eigenvalue weighted by Gasteiger charge is 2.23. The van der Waals surface area contributed by atoms with Crippen LogP contribution in [0.2, 0.25) is 0 Å². The monoisotopic (exact) mass is 619 g/mol. The van der Waals surface area contributed by atoms with Gasteiger partial charge in [0.05, 0.1) is 16.8 Å². The van der Waals surface area contributed by atoms with Gasteiger partial charge in [-0.15, -0.1) is 5.10 Å². The number of aromatic amines is 1. The third kappa shape index (κ3) is 5.92. The maximum Gasteiger partial charge on any atom is 0.325 e. The Labute approximate surface area is 244 Å². The van der Waals surface area contributed by atoms with Crippen LogP contribution in [0.15, 0.2) is 51.4 Å². The van der Waals surface area contributed by atoms with E-state index in [1.165, 1.54) is 0 Å². The first-order valence-electron chi connectivity index (χ1n) is 13.4. The van der Waals surface area contributed by atoms with Crippen LogP contribution < -0.4 is 5.32 Å². The van der Waals surface area contributed by atoms with E-state index >= 15 is 0 Å². The smallest absolute Gasteiger partial charge is 0.325 e. The fourth-order valence-corrected chi connectivity index (χ4v) is 5.31. The molecule has 2 aromatic carbocycles. The molecule has 0 bridgehead atoms. The van der Waals surface area contributed by atoms with Crippen LogP contribution in [0.1, 0.15) is 54.3 Å². The van der Waals surface area contributed by atoms with Gasteiger partial charge in [0.15, 0.2) is 5.82 Å². The van der Waals surface area contributed by atoms with Crippen molar-refractivity contribution in [3.05, 3.63) is 69.7 Å². The van der Waals surface area contributed by atoms with Gasteiger partial charge in [0.25, 0.3) is 5.91 Å². The second kappa shape index (κ2) is 12.5. The second-order valence-electron chi connectivity index (χ2n) is 9.53. The molecular formula is C29H30BrN7O4. The van der Waals surface area contributed by atoms with Crippen LogP contribution in [0, 0.1) is 6.92 Å². The number of aromatic nitrogens is 6. The molecule has 3 heterocycles. The summed E-state index contributed by atoms with van der Waals surface area (Å²) in [4.78, 5) is 29.8. The minimum Gasteiger partial charge on any atom is -0.464 e. The Morgan fingerprint density at radius 3 is 2.68 bits per heavy atom. The van der Waals surface area contributed by atoms with Crippen molar-refractivity contribution in [3.63, 3.8) is 0 Å². The number of nitrogens with one attached hydrogen (secondary N) is 2. The van der Waals surface area contributed by atoms with Gasteiger partial charge in [-0.25, -0.2) is 10.1 Å². The highest BCUT2D eigenvalue weighted by molar-refractivity contribution is 9.10. The number of amides is 1. The number of H-pyrrole nitrogens is 1. The zero-order chi connectivity index (χ0) is 28.9. The van der Waals surface area contributed by atoms with Crippen LogP contribution >= 0.6 is 15.9 Å². The Morgan fingerprint density at radius 1 is 1.15 bits per heavy atom. The molecule has 0 spiro atoms. The van der Waals surface area contributed by atoms with Crippen molar-refractivity contribution in [1.82, 2.24) is 35.5 Å². The van der Waals surface area contributed by atoms with Crippen LogP contribution in [0.3, 0.4) is 0 Å². The summed E-state index contributed by atoms with van der Waals surface area (Å²) < 4.78 is 14.1. The first-order chi connectivity index (χ1) is 19.9. The number of ether oxygens (including phenoxy) is 1. The normalized spacial score (nSPS) is 11.2. The van der Waals surface area contributed by atoms with Gasteiger partial charge in [-0.3, -0.25) is 9.59 Å². The molecule has 0 radical (unpaired) electrons. The summed E-state index contributed by atoms with van der Waals surface area (Å²) in [5, 5.41) is 17.8. The van der Waals surface area contributed by atoms with Gasteiger partial charge >= 0.3 is 5.97 Å². The van der Waals surface area contributed by atoms with E-state index in [-0.39, 0.29) is 12.5 Å². The molecule has 5 aromatic rings. The minimum absolute atomic E-state index is 0.197. The number of hydrogen-bond acceptors (Lipinski definition) is 8. The Balaban J connectivity index is 1.43. The van der Waals surface area contributed by atoms with Gasteiger partial charge in [0.1, 0.15) is 29.4 Å². The lowest BCUT2D eigenvalue weighted by molar-refractivity contribution is -0.142. The number of esters is 1. The molecule has 0 aliphatic carbocycles. The molecule has 212 valence electrons. The largest absolute Gasteiger partial charge is 0.464 e. The van der Waals surface area contributed by atoms with Crippen LogP contribution in [0.4, 0.5) is 0 Å². The number of aryl methyl sites for hydroxylation is 2. The van der Waals surface area contributed by atoms with E-state index < -0.39 is 5.97 Å². The topological polar surface area (TPSA) is 141 Å². The van der Waals surface area contributed by atoms with E-state index in [0.717, 1.165) is 45.2 Å². The predicted molar refractivity (Wildman–Crippen MR) is 156 cm³/mol. The zero-order valence-electron chi connectivity index (χ0n) is 23.0. The van der Waals surface area contributed by atoms with E-state index in [1.54, 1.807) is 6.92 Å². The van der Waals surface area contributed by atoms with Crippen molar-refractivity contribution in [2.45, 2.75) is 46.6 Å². The van der Waals surface area contributed by atoms with E-state index in [9.17, 15) is 9.59 Å². The number of carbonyl (C=O) groups is 2. The average Bonchev–Trinajstić information content (AvgIpc) is 3.70. The van der Waals surface area contributed by atoms with E-state index in [1.807, 2.05) is 60.9 Å². The minimum atomic E-state index is -0.460. The Kier molecular flexibility index (Phi) is 8.58. The molecule has 11 nitrogen and oxygen atoms in total. The van der Waals surface area contributed by atoms with Crippen molar-refractivity contribution < 1.29 is 18.7 Å². The van der Waals surface area contributed by atoms with Gasteiger partial charge in [0.2, 0.25) is 0 Å². The number of hydrogen-bond donors (Lipinski definition) is 2. The van der Waals surface area contributed by atoms with Gasteiger partial charge in [-0.2, -0.15) is 0 Å². The summed E-state index contributed by atoms with van der Waals surface area (Å²) in [5.41, 5.74) is 4.33. The number of carbonyl (C=O) groups excluding carboxylic acids is 2. The third-order valence-electron chi connectivity index (χ3n) is 6.71. The van der Waals surface area contributed by atoms with Gasteiger partial charge < -0.3 is 19.0 Å². The first kappa shape index (κ1) is 28.2. The molecule has 12 heteroatoms. The summed E-state index contributed by atoms with van der Waals surface area (Å²) in [6, 6.07) is 13.6. The number of fused-ring (bicyclic) bond motifs is 1. The summed E-state index contributed by atoms with van der Waals surface area (Å²) >= 11 is 3.75. The fourth-order valence-electron chi connectivity index (χ4n) is 4.71. The summed E-state index contributed by atoms with van der Waals surface area (Å²) in [7, 11) is 0. The number of unbranched alkanes of at least 4 members (excludes halogenated alkanes) is 1. The number of halogens is 1. The zero-order valence-corrected chi connectivity index (χ0v) is 24.6. The summed E-state index contributed by atoms with van der Waals surface area (Å²) in [6.07, 6.45) is 2.35.